The molecule has 2 heterocycles. The van der Waals surface area contributed by atoms with Crippen molar-refractivity contribution >= 4 is 11.9 Å². The van der Waals surface area contributed by atoms with Gasteiger partial charge in [-0.05, 0) is 49.9 Å². The van der Waals surface area contributed by atoms with Crippen molar-refractivity contribution in [3.63, 3.8) is 0 Å². The summed E-state index contributed by atoms with van der Waals surface area (Å²) in [5.41, 5.74) is 5.64. The van der Waals surface area contributed by atoms with Crippen LogP contribution in [0.25, 0.3) is 11.5 Å². The minimum Gasteiger partial charge on any atom is -0.474 e. The summed E-state index contributed by atoms with van der Waals surface area (Å²) in [4.78, 5) is 15.6. The van der Waals surface area contributed by atoms with Crippen LogP contribution < -0.4 is 15.8 Å². The van der Waals surface area contributed by atoms with Gasteiger partial charge in [0, 0.05) is 18.3 Å². The van der Waals surface area contributed by atoms with Crippen LogP contribution in [0.15, 0.2) is 40.9 Å². The third-order valence-electron chi connectivity index (χ3n) is 4.90. The van der Waals surface area contributed by atoms with Gasteiger partial charge in [-0.15, -0.1) is 5.10 Å². The third-order valence-corrected chi connectivity index (χ3v) is 4.90. The van der Waals surface area contributed by atoms with Gasteiger partial charge >= 0.3 is 6.01 Å². The summed E-state index contributed by atoms with van der Waals surface area (Å²) in [5, 5.41) is 10.8. The fourth-order valence-electron chi connectivity index (χ4n) is 3.38. The van der Waals surface area contributed by atoms with Gasteiger partial charge in [-0.1, -0.05) is 5.10 Å². The predicted octanol–water partition coefficient (Wildman–Crippen LogP) is 3.31. The summed E-state index contributed by atoms with van der Waals surface area (Å²) in [7, 11) is 0. The van der Waals surface area contributed by atoms with Gasteiger partial charge < -0.3 is 20.2 Å². The predicted molar refractivity (Wildman–Crippen MR) is 103 cm³/mol. The first kappa shape index (κ1) is 19.7. The summed E-state index contributed by atoms with van der Waals surface area (Å²) < 4.78 is 38.3. The topological polar surface area (TPSA) is 116 Å². The van der Waals surface area contributed by atoms with Crippen LogP contribution >= 0.6 is 0 Å². The lowest BCUT2D eigenvalue weighted by Gasteiger charge is -2.28. The number of rotatable bonds is 6. The van der Waals surface area contributed by atoms with E-state index >= 15 is 0 Å². The Kier molecular flexibility index (Phi) is 5.55. The molecule has 3 aromatic rings. The van der Waals surface area contributed by atoms with Crippen LogP contribution in [0.2, 0.25) is 0 Å². The number of primary amides is 1. The van der Waals surface area contributed by atoms with Crippen molar-refractivity contribution in [2.24, 2.45) is 5.73 Å². The van der Waals surface area contributed by atoms with Crippen LogP contribution in [0.4, 0.5) is 14.8 Å². The normalized spacial score (nSPS) is 18.7. The summed E-state index contributed by atoms with van der Waals surface area (Å²) in [6.07, 6.45) is 4.41. The minimum atomic E-state index is -0.771. The van der Waals surface area contributed by atoms with Crippen LogP contribution in [-0.4, -0.2) is 33.2 Å². The number of amides is 1. The van der Waals surface area contributed by atoms with Crippen molar-refractivity contribution in [3.8, 4) is 17.3 Å². The molecule has 2 aromatic heterocycles. The molecule has 1 fully saturated rings. The van der Waals surface area contributed by atoms with Crippen molar-refractivity contribution in [1.29, 1.82) is 0 Å². The third kappa shape index (κ3) is 4.37. The Morgan fingerprint density at radius 1 is 1.17 bits per heavy atom. The number of benzene rings is 1. The summed E-state index contributed by atoms with van der Waals surface area (Å²) in [6, 6.07) is 6.58. The van der Waals surface area contributed by atoms with Gasteiger partial charge in [-0.2, -0.15) is 0 Å². The SMILES string of the molecule is NC(=O)c1cccnc1O[C@H]1CC[C@H](Nc2nnc(-c3ccc(F)cc3F)o2)CC1. The Morgan fingerprint density at radius 3 is 2.70 bits per heavy atom. The van der Waals surface area contributed by atoms with Gasteiger partial charge in [0.2, 0.25) is 5.88 Å². The lowest BCUT2D eigenvalue weighted by Crippen LogP contribution is -2.32. The van der Waals surface area contributed by atoms with Gasteiger partial charge in [0.15, 0.2) is 0 Å². The van der Waals surface area contributed by atoms with E-state index in [4.69, 9.17) is 14.9 Å². The second-order valence-electron chi connectivity index (χ2n) is 6.99. The average molecular weight is 415 g/mol. The second-order valence-corrected chi connectivity index (χ2v) is 6.99. The van der Waals surface area contributed by atoms with Crippen LogP contribution in [0.5, 0.6) is 5.88 Å². The Morgan fingerprint density at radius 2 is 1.97 bits per heavy atom. The molecule has 4 rings (SSSR count). The van der Waals surface area contributed by atoms with Gasteiger partial charge in [0.05, 0.1) is 5.56 Å². The fourth-order valence-corrected chi connectivity index (χ4v) is 3.38. The Bertz CT molecular complexity index is 1050. The lowest BCUT2D eigenvalue weighted by molar-refractivity contribution is 0.0983. The van der Waals surface area contributed by atoms with E-state index in [1.807, 2.05) is 0 Å². The molecule has 1 aromatic carbocycles. The smallest absolute Gasteiger partial charge is 0.315 e. The number of nitrogens with zero attached hydrogens (tertiary/aromatic N) is 3. The van der Waals surface area contributed by atoms with Crippen LogP contribution in [0.3, 0.4) is 0 Å². The van der Waals surface area contributed by atoms with E-state index in [9.17, 15) is 13.6 Å². The number of hydrogen-bond acceptors (Lipinski definition) is 7. The molecule has 0 bridgehead atoms. The zero-order valence-corrected chi connectivity index (χ0v) is 15.8. The first-order chi connectivity index (χ1) is 14.5. The van der Waals surface area contributed by atoms with E-state index < -0.39 is 17.5 Å². The number of pyridine rings is 1. The van der Waals surface area contributed by atoms with E-state index in [0.717, 1.165) is 37.8 Å². The Labute approximate surface area is 170 Å². The number of aromatic nitrogens is 3. The molecule has 0 spiro atoms. The number of carbonyl (C=O) groups is 1. The minimum absolute atomic E-state index is 0.0267. The zero-order valence-electron chi connectivity index (χ0n) is 15.8. The maximum absolute atomic E-state index is 13.9. The number of anilines is 1. The molecule has 0 aliphatic heterocycles. The number of nitrogens with one attached hydrogen (secondary N) is 1. The molecule has 0 saturated heterocycles. The average Bonchev–Trinajstić information content (AvgIpc) is 3.18. The quantitative estimate of drug-likeness (QED) is 0.634. The Balaban J connectivity index is 1.33. The van der Waals surface area contributed by atoms with Crippen LogP contribution in [0, 0.1) is 11.6 Å². The van der Waals surface area contributed by atoms with E-state index in [-0.39, 0.29) is 41.1 Å². The Hall–Kier alpha value is -3.56. The molecule has 0 radical (unpaired) electrons. The lowest BCUT2D eigenvalue weighted by atomic mass is 9.93. The van der Waals surface area contributed by atoms with Crippen molar-refractivity contribution in [3.05, 3.63) is 53.7 Å². The van der Waals surface area contributed by atoms with Gasteiger partial charge in [-0.25, -0.2) is 13.8 Å². The number of carbonyl (C=O) groups excluding carboxylic acids is 1. The number of ether oxygens (including phenoxy) is 1. The maximum atomic E-state index is 13.9. The molecule has 10 heteroatoms. The van der Waals surface area contributed by atoms with E-state index in [2.05, 4.69) is 20.5 Å². The van der Waals surface area contributed by atoms with Crippen molar-refractivity contribution < 1.29 is 22.7 Å². The van der Waals surface area contributed by atoms with Crippen molar-refractivity contribution in [2.45, 2.75) is 37.8 Å². The second kappa shape index (κ2) is 8.44. The number of nitrogens with two attached hydrogens (primary N) is 1. The molecule has 1 aliphatic rings. The highest BCUT2D eigenvalue weighted by molar-refractivity contribution is 5.94. The molecule has 1 amide bonds. The molecule has 156 valence electrons. The van der Waals surface area contributed by atoms with Gasteiger partial charge in [0.25, 0.3) is 11.8 Å². The molecule has 8 nitrogen and oxygen atoms in total. The number of halogens is 2. The monoisotopic (exact) mass is 415 g/mol. The van der Waals surface area contributed by atoms with E-state index in [1.165, 1.54) is 6.07 Å². The molecule has 1 aliphatic carbocycles. The maximum Gasteiger partial charge on any atom is 0.315 e. The van der Waals surface area contributed by atoms with Crippen LogP contribution in [-0.2, 0) is 0 Å². The summed E-state index contributed by atoms with van der Waals surface area (Å²) in [6.45, 7) is 0. The fraction of sp³-hybridized carbons (Fsp3) is 0.300. The van der Waals surface area contributed by atoms with Gasteiger partial charge in [0.1, 0.15) is 23.3 Å². The van der Waals surface area contributed by atoms with Crippen molar-refractivity contribution in [2.75, 3.05) is 5.32 Å². The molecule has 3 N–H and O–H groups in total. The first-order valence-electron chi connectivity index (χ1n) is 9.46. The molecule has 0 unspecified atom stereocenters. The van der Waals surface area contributed by atoms with Crippen LogP contribution in [0.1, 0.15) is 36.0 Å². The first-order valence-corrected chi connectivity index (χ1v) is 9.46. The highest BCUT2D eigenvalue weighted by atomic mass is 19.1. The highest BCUT2D eigenvalue weighted by Gasteiger charge is 2.25. The van der Waals surface area contributed by atoms with E-state index in [1.54, 1.807) is 18.3 Å². The summed E-state index contributed by atoms with van der Waals surface area (Å²) >= 11 is 0. The molecular formula is C20H19F2N5O3. The highest BCUT2D eigenvalue weighted by Crippen LogP contribution is 2.28. The summed E-state index contributed by atoms with van der Waals surface area (Å²) in [5.74, 6) is -1.82. The number of hydrogen-bond donors (Lipinski definition) is 2. The largest absolute Gasteiger partial charge is 0.474 e. The standard InChI is InChI=1S/C20H19F2N5O3/c21-11-3-8-14(16(22)10-11)19-26-27-20(30-19)25-12-4-6-13(7-5-12)29-18-15(17(23)28)2-1-9-24-18/h1-3,8-10,12-13H,4-7H2,(H2,23,28)(H,25,27)/t12-,13-. The van der Waals surface area contributed by atoms with E-state index in [0.29, 0.717) is 0 Å². The van der Waals surface area contributed by atoms with Gasteiger partial charge in [-0.3, -0.25) is 4.79 Å². The zero-order chi connectivity index (χ0) is 21.1. The molecular weight excluding hydrogens is 396 g/mol. The molecule has 1 saturated carbocycles. The molecule has 0 atom stereocenters. The van der Waals surface area contributed by atoms with Crippen molar-refractivity contribution in [1.82, 2.24) is 15.2 Å². The molecule has 30 heavy (non-hydrogen) atoms.